The van der Waals surface area contributed by atoms with Gasteiger partial charge in [0.25, 0.3) is 0 Å². The van der Waals surface area contributed by atoms with E-state index in [1.165, 1.54) is 24.5 Å². The molecule has 1 N–H and O–H groups in total. The highest BCUT2D eigenvalue weighted by Crippen LogP contribution is 2.45. The lowest BCUT2D eigenvalue weighted by Crippen LogP contribution is -2.48. The molecule has 0 atom stereocenters. The van der Waals surface area contributed by atoms with E-state index in [9.17, 15) is 13.2 Å². The molecular formula is C26H31F3N6O. The molecule has 2 aromatic heterocycles. The number of hydrogen-bond acceptors (Lipinski definition) is 7. The third-order valence-corrected chi connectivity index (χ3v) is 7.33. The first-order valence-corrected chi connectivity index (χ1v) is 12.5. The molecule has 1 aromatic carbocycles. The molecule has 7 nitrogen and oxygen atoms in total. The summed E-state index contributed by atoms with van der Waals surface area (Å²) in [4.78, 5) is 13.1. The molecule has 192 valence electrons. The Morgan fingerprint density at radius 1 is 0.972 bits per heavy atom. The molecule has 1 saturated carbocycles. The zero-order valence-electron chi connectivity index (χ0n) is 20.2. The first-order valence-electron chi connectivity index (χ1n) is 12.5. The number of halogens is 3. The van der Waals surface area contributed by atoms with Crippen LogP contribution in [0.25, 0.3) is 0 Å². The summed E-state index contributed by atoms with van der Waals surface area (Å²) in [5.74, 6) is 1.98. The SMILES string of the molecule is FC(F)(F)c1ccc(N2CCN(CCNCc3nc(C4(c5ccccc5)CCCC4)no3)CC2)nc1. The van der Waals surface area contributed by atoms with Crippen LogP contribution in [0.15, 0.2) is 53.2 Å². The van der Waals surface area contributed by atoms with Crippen LogP contribution in [0.1, 0.15) is 48.5 Å². The first kappa shape index (κ1) is 24.7. The molecule has 1 saturated heterocycles. The third kappa shape index (κ3) is 5.39. The summed E-state index contributed by atoms with van der Waals surface area (Å²) in [6.45, 7) is 5.28. The van der Waals surface area contributed by atoms with Crippen LogP contribution >= 0.6 is 0 Å². The van der Waals surface area contributed by atoms with Crippen molar-refractivity contribution in [1.29, 1.82) is 0 Å². The molecule has 0 unspecified atom stereocenters. The van der Waals surface area contributed by atoms with E-state index in [4.69, 9.17) is 9.51 Å². The maximum atomic E-state index is 12.7. The predicted molar refractivity (Wildman–Crippen MR) is 130 cm³/mol. The molecule has 36 heavy (non-hydrogen) atoms. The first-order chi connectivity index (χ1) is 17.4. The molecule has 0 spiro atoms. The fraction of sp³-hybridized carbons (Fsp3) is 0.500. The van der Waals surface area contributed by atoms with Gasteiger partial charge in [-0.05, 0) is 30.5 Å². The molecule has 3 aromatic rings. The van der Waals surface area contributed by atoms with Crippen LogP contribution in [0.2, 0.25) is 0 Å². The molecule has 0 radical (unpaired) electrons. The summed E-state index contributed by atoms with van der Waals surface area (Å²) in [5, 5.41) is 7.76. The van der Waals surface area contributed by atoms with Gasteiger partial charge < -0.3 is 14.7 Å². The fourth-order valence-corrected chi connectivity index (χ4v) is 5.27. The van der Waals surface area contributed by atoms with Crippen molar-refractivity contribution in [1.82, 2.24) is 25.3 Å². The predicted octanol–water partition coefficient (Wildman–Crippen LogP) is 4.26. The minimum atomic E-state index is -4.36. The Bertz CT molecular complexity index is 1100. The van der Waals surface area contributed by atoms with Crippen molar-refractivity contribution in [3.05, 3.63) is 71.5 Å². The topological polar surface area (TPSA) is 70.3 Å². The van der Waals surface area contributed by atoms with Gasteiger partial charge in [0.05, 0.1) is 17.5 Å². The van der Waals surface area contributed by atoms with Gasteiger partial charge in [0.15, 0.2) is 5.82 Å². The lowest BCUT2D eigenvalue weighted by molar-refractivity contribution is -0.137. The van der Waals surface area contributed by atoms with Crippen LogP contribution in [-0.4, -0.2) is 59.3 Å². The number of nitrogens with zero attached hydrogens (tertiary/aromatic N) is 5. The molecule has 10 heteroatoms. The van der Waals surface area contributed by atoms with E-state index in [0.717, 1.165) is 70.2 Å². The van der Waals surface area contributed by atoms with Crippen LogP contribution in [-0.2, 0) is 18.1 Å². The monoisotopic (exact) mass is 500 g/mol. The largest absolute Gasteiger partial charge is 0.417 e. The Balaban J connectivity index is 1.07. The van der Waals surface area contributed by atoms with Crippen molar-refractivity contribution in [2.24, 2.45) is 0 Å². The highest BCUT2D eigenvalue weighted by Gasteiger charge is 2.41. The summed E-state index contributed by atoms with van der Waals surface area (Å²) < 4.78 is 43.8. The zero-order chi connectivity index (χ0) is 25.0. The van der Waals surface area contributed by atoms with Crippen LogP contribution in [0.4, 0.5) is 19.0 Å². The van der Waals surface area contributed by atoms with Gasteiger partial charge in [-0.2, -0.15) is 18.2 Å². The van der Waals surface area contributed by atoms with E-state index in [1.807, 2.05) is 11.0 Å². The number of pyridine rings is 1. The van der Waals surface area contributed by atoms with Gasteiger partial charge in [-0.3, -0.25) is 4.90 Å². The number of hydrogen-bond donors (Lipinski definition) is 1. The average molecular weight is 501 g/mol. The van der Waals surface area contributed by atoms with E-state index in [0.29, 0.717) is 18.3 Å². The quantitative estimate of drug-likeness (QED) is 0.464. The minimum absolute atomic E-state index is 0.148. The maximum absolute atomic E-state index is 12.7. The summed E-state index contributed by atoms with van der Waals surface area (Å²) in [5.41, 5.74) is 0.390. The van der Waals surface area contributed by atoms with E-state index in [-0.39, 0.29) is 5.41 Å². The molecule has 1 aliphatic heterocycles. The van der Waals surface area contributed by atoms with Crippen molar-refractivity contribution >= 4 is 5.82 Å². The molecule has 2 aliphatic rings. The van der Waals surface area contributed by atoms with Gasteiger partial charge in [0.1, 0.15) is 5.82 Å². The molecule has 3 heterocycles. The average Bonchev–Trinajstić information content (AvgIpc) is 3.58. The van der Waals surface area contributed by atoms with Crippen LogP contribution in [0.5, 0.6) is 0 Å². The smallest absolute Gasteiger partial charge is 0.354 e. The third-order valence-electron chi connectivity index (χ3n) is 7.33. The number of alkyl halides is 3. The standard InChI is InChI=1S/C26H31F3N6O/c27-26(28,29)21-8-9-22(31-18-21)35-16-14-34(15-17-35)13-12-30-19-23-32-24(33-36-23)25(10-4-5-11-25)20-6-2-1-3-7-20/h1-3,6-9,18,30H,4-5,10-17,19H2. The summed E-state index contributed by atoms with van der Waals surface area (Å²) in [7, 11) is 0. The number of anilines is 1. The van der Waals surface area contributed by atoms with Gasteiger partial charge in [-0.25, -0.2) is 4.98 Å². The molecule has 0 bridgehead atoms. The lowest BCUT2D eigenvalue weighted by atomic mass is 9.78. The van der Waals surface area contributed by atoms with Crippen molar-refractivity contribution in [2.75, 3.05) is 44.2 Å². The van der Waals surface area contributed by atoms with Gasteiger partial charge in [-0.15, -0.1) is 0 Å². The van der Waals surface area contributed by atoms with Crippen molar-refractivity contribution in [3.8, 4) is 0 Å². The van der Waals surface area contributed by atoms with Crippen LogP contribution in [0, 0.1) is 0 Å². The maximum Gasteiger partial charge on any atom is 0.417 e. The fourth-order valence-electron chi connectivity index (χ4n) is 5.27. The van der Waals surface area contributed by atoms with Gasteiger partial charge >= 0.3 is 6.18 Å². The highest BCUT2D eigenvalue weighted by atomic mass is 19.4. The number of rotatable bonds is 8. The molecular weight excluding hydrogens is 469 g/mol. The van der Waals surface area contributed by atoms with Gasteiger partial charge in [0, 0.05) is 45.5 Å². The second-order valence-corrected chi connectivity index (χ2v) is 9.58. The zero-order valence-corrected chi connectivity index (χ0v) is 20.2. The Hall–Kier alpha value is -2.98. The summed E-state index contributed by atoms with van der Waals surface area (Å²) >= 11 is 0. The van der Waals surface area contributed by atoms with Crippen molar-refractivity contribution in [2.45, 2.75) is 43.8 Å². The Kier molecular flexibility index (Phi) is 7.25. The molecule has 1 aliphatic carbocycles. The van der Waals surface area contributed by atoms with E-state index >= 15 is 0 Å². The Morgan fingerprint density at radius 2 is 1.72 bits per heavy atom. The van der Waals surface area contributed by atoms with Crippen molar-refractivity contribution in [3.63, 3.8) is 0 Å². The normalized spacial score (nSPS) is 18.6. The molecule has 0 amide bonds. The number of piperazine rings is 1. The second-order valence-electron chi connectivity index (χ2n) is 9.58. The van der Waals surface area contributed by atoms with Gasteiger partial charge in [-0.1, -0.05) is 48.3 Å². The highest BCUT2D eigenvalue weighted by molar-refractivity contribution is 5.40. The number of benzene rings is 1. The lowest BCUT2D eigenvalue weighted by Gasteiger charge is -2.35. The van der Waals surface area contributed by atoms with Gasteiger partial charge in [0.2, 0.25) is 5.89 Å². The van der Waals surface area contributed by atoms with E-state index in [1.54, 1.807) is 0 Å². The van der Waals surface area contributed by atoms with E-state index in [2.05, 4.69) is 44.6 Å². The Labute approximate surface area is 208 Å². The van der Waals surface area contributed by atoms with Crippen LogP contribution in [0.3, 0.4) is 0 Å². The second kappa shape index (κ2) is 10.6. The summed E-state index contributed by atoms with van der Waals surface area (Å²) in [6.07, 6.45) is 0.954. The Morgan fingerprint density at radius 3 is 2.39 bits per heavy atom. The van der Waals surface area contributed by atoms with E-state index < -0.39 is 11.7 Å². The number of nitrogens with one attached hydrogen (secondary N) is 1. The number of aromatic nitrogens is 3. The molecule has 5 rings (SSSR count). The van der Waals surface area contributed by atoms with Crippen LogP contribution < -0.4 is 10.2 Å². The van der Waals surface area contributed by atoms with Crippen molar-refractivity contribution < 1.29 is 17.7 Å². The summed E-state index contributed by atoms with van der Waals surface area (Å²) in [6, 6.07) is 13.0. The molecule has 2 fully saturated rings. The minimum Gasteiger partial charge on any atom is -0.354 e.